The zero-order valence-electron chi connectivity index (χ0n) is 17.7. The van der Waals surface area contributed by atoms with Gasteiger partial charge < -0.3 is 15.1 Å². The quantitative estimate of drug-likeness (QED) is 0.701. The molecule has 2 aromatic rings. The predicted octanol–water partition coefficient (Wildman–Crippen LogP) is 3.38. The molecule has 2 amide bonds. The first-order valence-corrected chi connectivity index (χ1v) is 11.4. The molecule has 2 atom stereocenters. The number of fused-ring (bicyclic) bond motifs is 1. The van der Waals surface area contributed by atoms with Crippen molar-refractivity contribution in [2.45, 2.75) is 70.0 Å². The van der Waals surface area contributed by atoms with Crippen LogP contribution in [-0.2, 0) is 4.79 Å². The van der Waals surface area contributed by atoms with Crippen LogP contribution >= 0.6 is 0 Å². The third kappa shape index (κ3) is 4.53. The van der Waals surface area contributed by atoms with Crippen LogP contribution < -0.4 is 10.6 Å². The molecule has 0 unspecified atom stereocenters. The van der Waals surface area contributed by atoms with E-state index in [-0.39, 0.29) is 11.8 Å². The van der Waals surface area contributed by atoms with Crippen molar-refractivity contribution in [1.82, 2.24) is 15.5 Å². The first-order chi connectivity index (χ1) is 14.5. The highest BCUT2D eigenvalue weighted by molar-refractivity contribution is 5.97. The van der Waals surface area contributed by atoms with Crippen molar-refractivity contribution in [3.8, 4) is 0 Å². The summed E-state index contributed by atoms with van der Waals surface area (Å²) in [6, 6.07) is 8.57. The van der Waals surface area contributed by atoms with E-state index < -0.39 is 0 Å². The van der Waals surface area contributed by atoms with Crippen LogP contribution in [-0.4, -0.2) is 47.9 Å². The molecule has 5 rings (SSSR count). The molecule has 1 aromatic carbocycles. The molecule has 1 aliphatic heterocycles. The van der Waals surface area contributed by atoms with E-state index in [0.717, 1.165) is 54.9 Å². The lowest BCUT2D eigenvalue weighted by Crippen LogP contribution is -2.45. The number of rotatable bonds is 8. The number of aryl methyl sites for hydroxylation is 1. The molecule has 3 fully saturated rings. The third-order valence-corrected chi connectivity index (χ3v) is 6.70. The Morgan fingerprint density at radius 3 is 2.63 bits per heavy atom. The van der Waals surface area contributed by atoms with Gasteiger partial charge in [0.05, 0.1) is 0 Å². The first-order valence-electron chi connectivity index (χ1n) is 11.4. The van der Waals surface area contributed by atoms with Gasteiger partial charge in [-0.1, -0.05) is 0 Å². The number of carbonyl (C=O) groups is 2. The maximum absolute atomic E-state index is 12.8. The van der Waals surface area contributed by atoms with Crippen LogP contribution in [0.2, 0.25) is 0 Å². The fourth-order valence-electron chi connectivity index (χ4n) is 4.71. The second-order valence-corrected chi connectivity index (χ2v) is 9.39. The Hall–Kier alpha value is -2.34. The summed E-state index contributed by atoms with van der Waals surface area (Å²) in [5, 5.41) is 7.23. The molecule has 0 bridgehead atoms. The van der Waals surface area contributed by atoms with Gasteiger partial charge in [0.2, 0.25) is 5.91 Å². The van der Waals surface area contributed by atoms with E-state index >= 15 is 0 Å². The van der Waals surface area contributed by atoms with Crippen LogP contribution in [0.3, 0.4) is 0 Å². The van der Waals surface area contributed by atoms with Crippen LogP contribution in [0.4, 0.5) is 0 Å². The summed E-state index contributed by atoms with van der Waals surface area (Å²) in [4.78, 5) is 27.6. The molecule has 160 valence electrons. The average molecular weight is 410 g/mol. The molecular weight excluding hydrogens is 378 g/mol. The Morgan fingerprint density at radius 2 is 1.87 bits per heavy atom. The van der Waals surface area contributed by atoms with Crippen molar-refractivity contribution in [2.24, 2.45) is 5.92 Å². The second kappa shape index (κ2) is 8.06. The first kappa shape index (κ1) is 19.6. The van der Waals surface area contributed by atoms with Crippen molar-refractivity contribution >= 4 is 22.8 Å². The van der Waals surface area contributed by atoms with E-state index in [1.807, 2.05) is 31.2 Å². The summed E-state index contributed by atoms with van der Waals surface area (Å²) < 4.78 is 5.60. The lowest BCUT2D eigenvalue weighted by Gasteiger charge is -2.30. The molecule has 6 heteroatoms. The van der Waals surface area contributed by atoms with Gasteiger partial charge in [0, 0.05) is 48.6 Å². The van der Waals surface area contributed by atoms with Crippen molar-refractivity contribution in [2.75, 3.05) is 13.1 Å². The maximum Gasteiger partial charge on any atom is 0.251 e. The highest BCUT2D eigenvalue weighted by Gasteiger charge is 2.38. The van der Waals surface area contributed by atoms with Crippen molar-refractivity contribution in [3.63, 3.8) is 0 Å². The van der Waals surface area contributed by atoms with E-state index in [2.05, 4.69) is 15.5 Å². The van der Waals surface area contributed by atoms with Gasteiger partial charge in [-0.05, 0) is 75.6 Å². The van der Waals surface area contributed by atoms with Gasteiger partial charge in [-0.2, -0.15) is 0 Å². The van der Waals surface area contributed by atoms with Crippen LogP contribution in [0.1, 0.15) is 61.1 Å². The van der Waals surface area contributed by atoms with E-state index in [1.165, 1.54) is 12.8 Å². The minimum atomic E-state index is -0.0444. The fourth-order valence-corrected chi connectivity index (χ4v) is 4.71. The summed E-state index contributed by atoms with van der Waals surface area (Å²) in [5.41, 5.74) is 1.47. The van der Waals surface area contributed by atoms with Gasteiger partial charge >= 0.3 is 0 Å². The number of nitrogens with one attached hydrogen (secondary N) is 2. The van der Waals surface area contributed by atoms with Gasteiger partial charge in [0.25, 0.3) is 5.91 Å². The van der Waals surface area contributed by atoms with Gasteiger partial charge in [0.15, 0.2) is 0 Å². The number of hydrogen-bond acceptors (Lipinski definition) is 4. The smallest absolute Gasteiger partial charge is 0.251 e. The molecule has 2 N–H and O–H groups in total. The van der Waals surface area contributed by atoms with Gasteiger partial charge in [-0.15, -0.1) is 0 Å². The zero-order chi connectivity index (χ0) is 20.7. The number of amides is 2. The summed E-state index contributed by atoms with van der Waals surface area (Å²) in [6.45, 7) is 3.60. The number of nitrogens with zero attached hydrogens (tertiary/aromatic N) is 1. The van der Waals surface area contributed by atoms with Crippen molar-refractivity contribution < 1.29 is 14.0 Å². The second-order valence-electron chi connectivity index (χ2n) is 9.39. The third-order valence-electron chi connectivity index (χ3n) is 6.70. The average Bonchev–Trinajstić information content (AvgIpc) is 3.63. The minimum absolute atomic E-state index is 0.0444. The Labute approximate surface area is 177 Å². The molecule has 1 aromatic heterocycles. The molecule has 1 saturated heterocycles. The van der Waals surface area contributed by atoms with E-state index in [4.69, 9.17) is 4.42 Å². The lowest BCUT2D eigenvalue weighted by molar-refractivity contribution is -0.122. The molecule has 30 heavy (non-hydrogen) atoms. The highest BCUT2D eigenvalue weighted by Crippen LogP contribution is 2.35. The maximum atomic E-state index is 12.8. The van der Waals surface area contributed by atoms with E-state index in [0.29, 0.717) is 36.7 Å². The minimum Gasteiger partial charge on any atom is -0.461 e. The molecule has 2 heterocycles. The summed E-state index contributed by atoms with van der Waals surface area (Å²) in [7, 11) is 0. The van der Waals surface area contributed by atoms with Gasteiger partial charge in [0.1, 0.15) is 11.3 Å². The van der Waals surface area contributed by atoms with Crippen LogP contribution in [0.15, 0.2) is 28.7 Å². The Kier molecular flexibility index (Phi) is 5.27. The Balaban J connectivity index is 1.20. The van der Waals surface area contributed by atoms with E-state index in [9.17, 15) is 9.59 Å². The standard InChI is InChI=1S/C24H31N3O3/c1-15-10-18-11-17(4-9-22(18)30-15)24(29)25-13-21-8-7-20(27(21)14-16-2-3-16)12-23(28)26-19-5-6-19/h4,9-11,16,19-21H,2-3,5-8,12-14H2,1H3,(H,25,29)(H,26,28)/t20-,21+/m1/s1. The van der Waals surface area contributed by atoms with E-state index in [1.54, 1.807) is 0 Å². The number of furan rings is 1. The lowest BCUT2D eigenvalue weighted by atomic mass is 10.1. The normalized spacial score (nSPS) is 24.3. The monoisotopic (exact) mass is 409 g/mol. The topological polar surface area (TPSA) is 74.6 Å². The Bertz CT molecular complexity index is 944. The fraction of sp³-hybridized carbons (Fsp3) is 0.583. The largest absolute Gasteiger partial charge is 0.461 e. The number of carbonyl (C=O) groups excluding carboxylic acids is 2. The number of benzene rings is 1. The van der Waals surface area contributed by atoms with Crippen LogP contribution in [0, 0.1) is 12.8 Å². The van der Waals surface area contributed by atoms with Gasteiger partial charge in [-0.25, -0.2) is 0 Å². The summed E-state index contributed by atoms with van der Waals surface area (Å²) >= 11 is 0. The van der Waals surface area contributed by atoms with Crippen LogP contribution in [0.5, 0.6) is 0 Å². The molecule has 2 aliphatic carbocycles. The highest BCUT2D eigenvalue weighted by atomic mass is 16.3. The zero-order valence-corrected chi connectivity index (χ0v) is 17.7. The molecular formula is C24H31N3O3. The molecule has 6 nitrogen and oxygen atoms in total. The van der Waals surface area contributed by atoms with Crippen molar-refractivity contribution in [1.29, 1.82) is 0 Å². The number of hydrogen-bond donors (Lipinski definition) is 2. The SMILES string of the molecule is Cc1cc2cc(C(=O)NC[C@@H]3CC[C@H](CC(=O)NC4CC4)N3CC3CC3)ccc2o1. The number of likely N-dealkylation sites (tertiary alicyclic amines) is 1. The molecule has 3 aliphatic rings. The Morgan fingerprint density at radius 1 is 1.07 bits per heavy atom. The summed E-state index contributed by atoms with van der Waals surface area (Å²) in [5.74, 6) is 1.76. The molecule has 2 saturated carbocycles. The van der Waals surface area contributed by atoms with Gasteiger partial charge in [-0.3, -0.25) is 14.5 Å². The summed E-state index contributed by atoms with van der Waals surface area (Å²) in [6.07, 6.45) is 7.49. The predicted molar refractivity (Wildman–Crippen MR) is 115 cm³/mol. The molecule has 0 radical (unpaired) electrons. The van der Waals surface area contributed by atoms with Crippen molar-refractivity contribution in [3.05, 3.63) is 35.6 Å². The van der Waals surface area contributed by atoms with Crippen LogP contribution in [0.25, 0.3) is 11.0 Å². The molecule has 0 spiro atoms.